The summed E-state index contributed by atoms with van der Waals surface area (Å²) in [5, 5.41) is 6.57. The molecule has 0 aromatic heterocycles. The molecule has 2 aliphatic heterocycles. The molecular formula is C22H37FIN5O2. The van der Waals surface area contributed by atoms with Crippen molar-refractivity contribution in [1.29, 1.82) is 0 Å². The van der Waals surface area contributed by atoms with Crippen LogP contribution in [-0.4, -0.2) is 82.6 Å². The monoisotopic (exact) mass is 549 g/mol. The average molecular weight is 549 g/mol. The van der Waals surface area contributed by atoms with Gasteiger partial charge >= 0.3 is 0 Å². The molecule has 0 bridgehead atoms. The van der Waals surface area contributed by atoms with Gasteiger partial charge in [-0.05, 0) is 37.6 Å². The molecule has 2 saturated heterocycles. The van der Waals surface area contributed by atoms with Crippen LogP contribution in [0.5, 0.6) is 0 Å². The Morgan fingerprint density at radius 1 is 1.32 bits per heavy atom. The number of likely N-dealkylation sites (N-methyl/N-ethyl adjacent to an activating group) is 1. The van der Waals surface area contributed by atoms with Crippen molar-refractivity contribution in [2.24, 2.45) is 4.99 Å². The fraction of sp³-hybridized carbons (Fsp3) is 0.682. The van der Waals surface area contributed by atoms with E-state index in [2.05, 4.69) is 39.3 Å². The molecule has 0 aliphatic carbocycles. The molecule has 0 spiro atoms. The van der Waals surface area contributed by atoms with E-state index in [1.165, 1.54) is 0 Å². The van der Waals surface area contributed by atoms with Crippen molar-refractivity contribution in [3.8, 4) is 0 Å². The molecule has 2 aliphatic rings. The van der Waals surface area contributed by atoms with Gasteiger partial charge in [0.25, 0.3) is 0 Å². The van der Waals surface area contributed by atoms with Gasteiger partial charge in [0.2, 0.25) is 0 Å². The van der Waals surface area contributed by atoms with Gasteiger partial charge in [0.15, 0.2) is 5.96 Å². The third-order valence-electron chi connectivity index (χ3n) is 5.71. The maximum atomic E-state index is 14.7. The van der Waals surface area contributed by atoms with Crippen molar-refractivity contribution >= 4 is 35.6 Å². The molecule has 1 aromatic carbocycles. The first-order valence-electron chi connectivity index (χ1n) is 11.0. The molecule has 0 amide bonds. The fourth-order valence-corrected chi connectivity index (χ4v) is 3.80. The number of benzene rings is 1. The van der Waals surface area contributed by atoms with Gasteiger partial charge in [0.1, 0.15) is 5.82 Å². The van der Waals surface area contributed by atoms with Crippen LogP contribution in [0.4, 0.5) is 10.1 Å². The molecule has 7 nitrogen and oxygen atoms in total. The van der Waals surface area contributed by atoms with Crippen LogP contribution in [0, 0.1) is 5.82 Å². The van der Waals surface area contributed by atoms with Crippen molar-refractivity contribution in [1.82, 2.24) is 15.5 Å². The zero-order chi connectivity index (χ0) is 21.3. The summed E-state index contributed by atoms with van der Waals surface area (Å²) in [7, 11) is 1.73. The molecule has 9 heteroatoms. The summed E-state index contributed by atoms with van der Waals surface area (Å²) in [6.07, 6.45) is 1.14. The van der Waals surface area contributed by atoms with Gasteiger partial charge in [0, 0.05) is 52.4 Å². The van der Waals surface area contributed by atoms with Gasteiger partial charge in [-0.2, -0.15) is 0 Å². The molecule has 2 heterocycles. The number of halogens is 2. The van der Waals surface area contributed by atoms with E-state index in [4.69, 9.17) is 9.47 Å². The Morgan fingerprint density at radius 2 is 2.10 bits per heavy atom. The lowest BCUT2D eigenvalue weighted by molar-refractivity contribution is 0.0347. The third-order valence-corrected chi connectivity index (χ3v) is 5.71. The molecule has 2 N–H and O–H groups in total. The van der Waals surface area contributed by atoms with Crippen LogP contribution in [0.1, 0.15) is 25.8 Å². The third kappa shape index (κ3) is 8.03. The summed E-state index contributed by atoms with van der Waals surface area (Å²) in [6, 6.07) is 5.61. The van der Waals surface area contributed by atoms with Crippen LogP contribution in [0.2, 0.25) is 0 Å². The molecule has 2 unspecified atom stereocenters. The van der Waals surface area contributed by atoms with Crippen LogP contribution in [0.3, 0.4) is 0 Å². The Morgan fingerprint density at radius 3 is 2.71 bits per heavy atom. The smallest absolute Gasteiger partial charge is 0.191 e. The van der Waals surface area contributed by atoms with Gasteiger partial charge in [-0.15, -0.1) is 24.0 Å². The number of rotatable bonds is 8. The number of nitrogens with one attached hydrogen (secondary N) is 2. The second kappa shape index (κ2) is 13.4. The number of guanidine groups is 1. The first-order chi connectivity index (χ1) is 14.6. The lowest BCUT2D eigenvalue weighted by atomic mass is 10.1. The molecule has 31 heavy (non-hydrogen) atoms. The largest absolute Gasteiger partial charge is 0.379 e. The topological polar surface area (TPSA) is 61.4 Å². The van der Waals surface area contributed by atoms with Gasteiger partial charge in [-0.25, -0.2) is 4.39 Å². The fourth-order valence-electron chi connectivity index (χ4n) is 3.80. The van der Waals surface area contributed by atoms with Gasteiger partial charge in [0.05, 0.1) is 25.0 Å². The molecule has 2 atom stereocenters. The van der Waals surface area contributed by atoms with E-state index < -0.39 is 0 Å². The number of piperazine rings is 1. The maximum Gasteiger partial charge on any atom is 0.191 e. The summed E-state index contributed by atoms with van der Waals surface area (Å²) in [5.74, 6) is 0.511. The van der Waals surface area contributed by atoms with Crippen LogP contribution >= 0.6 is 24.0 Å². The lowest BCUT2D eigenvalue weighted by Gasteiger charge is -2.35. The van der Waals surface area contributed by atoms with Crippen molar-refractivity contribution in [3.63, 3.8) is 0 Å². The highest BCUT2D eigenvalue weighted by molar-refractivity contribution is 14.0. The van der Waals surface area contributed by atoms with E-state index in [0.29, 0.717) is 31.4 Å². The number of hydrogen-bond acceptors (Lipinski definition) is 5. The molecule has 176 valence electrons. The highest BCUT2D eigenvalue weighted by atomic mass is 127. The Bertz CT molecular complexity index is 694. The Balaban J connectivity index is 0.00000341. The highest BCUT2D eigenvalue weighted by Crippen LogP contribution is 2.22. The number of aliphatic imine (C=N–C) groups is 1. The molecular weight excluding hydrogens is 512 g/mol. The minimum absolute atomic E-state index is 0. The number of anilines is 1. The Hall–Kier alpha value is -1.17. The number of nitrogens with zero attached hydrogens (tertiary/aromatic N) is 3. The summed E-state index contributed by atoms with van der Waals surface area (Å²) in [6.45, 7) is 11.5. The van der Waals surface area contributed by atoms with Crippen LogP contribution < -0.4 is 15.5 Å². The molecule has 1 aromatic rings. The number of hydrogen-bond donors (Lipinski definition) is 2. The number of ether oxygens (including phenoxy) is 2. The van der Waals surface area contributed by atoms with Crippen molar-refractivity contribution in [2.75, 3.05) is 64.5 Å². The highest BCUT2D eigenvalue weighted by Gasteiger charge is 2.19. The van der Waals surface area contributed by atoms with E-state index in [-0.39, 0.29) is 41.9 Å². The second-order valence-corrected chi connectivity index (χ2v) is 8.00. The van der Waals surface area contributed by atoms with Crippen LogP contribution in [0.25, 0.3) is 0 Å². The van der Waals surface area contributed by atoms with Crippen LogP contribution in [0.15, 0.2) is 23.2 Å². The van der Waals surface area contributed by atoms with Crippen molar-refractivity contribution in [3.05, 3.63) is 29.6 Å². The minimum Gasteiger partial charge on any atom is -0.379 e. The van der Waals surface area contributed by atoms with Crippen molar-refractivity contribution < 1.29 is 13.9 Å². The van der Waals surface area contributed by atoms with E-state index >= 15 is 0 Å². The molecule has 2 fully saturated rings. The second-order valence-electron chi connectivity index (χ2n) is 8.00. The summed E-state index contributed by atoms with van der Waals surface area (Å²) in [4.78, 5) is 8.78. The first kappa shape index (κ1) is 26.1. The SMILES string of the molecule is CCN1CCN(c2ccc(CNC(=NC)NC(C)COC3CCOC3)cc2F)CC1.I. The minimum atomic E-state index is -0.164. The Kier molecular flexibility index (Phi) is 11.3. The van der Waals surface area contributed by atoms with Gasteiger partial charge in [-0.1, -0.05) is 13.0 Å². The normalized spacial score (nSPS) is 21.0. The van der Waals surface area contributed by atoms with E-state index in [1.54, 1.807) is 13.1 Å². The standard InChI is InChI=1S/C22H36FN5O2.HI/c1-4-27-8-10-28(11-9-27)21-6-5-18(13-20(21)23)14-25-22(24-3)26-17(2)15-30-19-7-12-29-16-19;/h5-6,13,17,19H,4,7-12,14-16H2,1-3H3,(H2,24,25,26);1H. The van der Waals surface area contributed by atoms with Gasteiger partial charge < -0.3 is 29.9 Å². The zero-order valence-corrected chi connectivity index (χ0v) is 21.2. The van der Waals surface area contributed by atoms with Gasteiger partial charge in [-0.3, -0.25) is 4.99 Å². The lowest BCUT2D eigenvalue weighted by Crippen LogP contribution is -2.46. The quantitative estimate of drug-likeness (QED) is 0.295. The van der Waals surface area contributed by atoms with Crippen LogP contribution in [-0.2, 0) is 16.0 Å². The zero-order valence-electron chi connectivity index (χ0n) is 18.9. The first-order valence-corrected chi connectivity index (χ1v) is 11.0. The molecule has 3 rings (SSSR count). The van der Waals surface area contributed by atoms with E-state index in [0.717, 1.165) is 51.3 Å². The van der Waals surface area contributed by atoms with E-state index in [9.17, 15) is 4.39 Å². The Labute approximate surface area is 202 Å². The average Bonchev–Trinajstić information content (AvgIpc) is 3.29. The molecule has 0 saturated carbocycles. The van der Waals surface area contributed by atoms with E-state index in [1.807, 2.05) is 12.1 Å². The molecule has 0 radical (unpaired) electrons. The predicted molar refractivity (Wildman–Crippen MR) is 134 cm³/mol. The van der Waals surface area contributed by atoms with Crippen molar-refractivity contribution in [2.45, 2.75) is 39.0 Å². The summed E-state index contributed by atoms with van der Waals surface area (Å²) < 4.78 is 25.9. The maximum absolute atomic E-state index is 14.7. The summed E-state index contributed by atoms with van der Waals surface area (Å²) in [5.41, 5.74) is 1.58. The summed E-state index contributed by atoms with van der Waals surface area (Å²) >= 11 is 0. The predicted octanol–water partition coefficient (Wildman–Crippen LogP) is 2.44.